The second kappa shape index (κ2) is 7.41. The summed E-state index contributed by atoms with van der Waals surface area (Å²) in [4.78, 5) is 0.136. The average Bonchev–Trinajstić information content (AvgIpc) is 2.85. The Morgan fingerprint density at radius 1 is 1.25 bits per heavy atom. The average molecular weight is 376 g/mol. The van der Waals surface area contributed by atoms with Crippen LogP contribution in [0.4, 0.5) is 0 Å². The summed E-state index contributed by atoms with van der Waals surface area (Å²) in [5, 5.41) is 0. The highest BCUT2D eigenvalue weighted by atomic mass is 32.2. The van der Waals surface area contributed by atoms with E-state index >= 15 is 0 Å². The van der Waals surface area contributed by atoms with Gasteiger partial charge in [0.2, 0.25) is 10.0 Å². The Labute approximate surface area is 144 Å². The van der Waals surface area contributed by atoms with Crippen LogP contribution in [0.5, 0.6) is 5.75 Å². The molecule has 1 heterocycles. The summed E-state index contributed by atoms with van der Waals surface area (Å²) in [5.74, 6) is 0.955. The molecule has 136 valence electrons. The lowest BCUT2D eigenvalue weighted by Crippen LogP contribution is -2.26. The first-order chi connectivity index (χ1) is 11.1. The van der Waals surface area contributed by atoms with E-state index in [0.29, 0.717) is 25.0 Å². The number of sulfonamides is 1. The number of hydrogen-bond donors (Lipinski definition) is 1. The zero-order chi connectivity index (χ0) is 18.0. The molecule has 0 aliphatic carbocycles. The van der Waals surface area contributed by atoms with Crippen molar-refractivity contribution in [2.24, 2.45) is 5.92 Å². The van der Waals surface area contributed by atoms with Crippen molar-refractivity contribution in [3.05, 3.63) is 23.3 Å². The number of sulfone groups is 1. The number of ether oxygens (including phenoxy) is 1. The van der Waals surface area contributed by atoms with Crippen molar-refractivity contribution in [2.45, 2.75) is 38.0 Å². The van der Waals surface area contributed by atoms with Crippen molar-refractivity contribution in [1.29, 1.82) is 0 Å². The lowest BCUT2D eigenvalue weighted by molar-refractivity contribution is 0.401. The molecule has 8 heteroatoms. The number of benzene rings is 1. The van der Waals surface area contributed by atoms with Gasteiger partial charge in [-0.15, -0.1) is 0 Å². The normalized spacial score (nSPS) is 20.2. The fraction of sp³-hybridized carbons (Fsp3) is 0.625. The molecular weight excluding hydrogens is 350 g/mol. The highest BCUT2D eigenvalue weighted by molar-refractivity contribution is 7.91. The molecule has 0 spiro atoms. The van der Waals surface area contributed by atoms with Gasteiger partial charge in [-0.25, -0.2) is 21.6 Å². The van der Waals surface area contributed by atoms with Crippen LogP contribution in [-0.2, 0) is 19.9 Å². The minimum atomic E-state index is -3.65. The fourth-order valence-electron chi connectivity index (χ4n) is 2.91. The molecule has 1 aliphatic heterocycles. The van der Waals surface area contributed by atoms with Gasteiger partial charge in [0.25, 0.3) is 0 Å². The van der Waals surface area contributed by atoms with Crippen molar-refractivity contribution in [3.63, 3.8) is 0 Å². The highest BCUT2D eigenvalue weighted by Gasteiger charge is 2.27. The SMILES string of the molecule is COc1cc(C)c(C)cc1S(=O)(=O)NCCCC1CCS(=O)(=O)C1. The van der Waals surface area contributed by atoms with Crippen molar-refractivity contribution in [2.75, 3.05) is 25.2 Å². The van der Waals surface area contributed by atoms with Gasteiger partial charge in [0.05, 0.1) is 18.6 Å². The predicted molar refractivity (Wildman–Crippen MR) is 93.7 cm³/mol. The van der Waals surface area contributed by atoms with Crippen molar-refractivity contribution >= 4 is 19.9 Å². The molecule has 1 aliphatic rings. The van der Waals surface area contributed by atoms with E-state index in [1.807, 2.05) is 13.8 Å². The third-order valence-corrected chi connectivity index (χ3v) is 7.80. The monoisotopic (exact) mass is 375 g/mol. The van der Waals surface area contributed by atoms with Gasteiger partial charge in [-0.2, -0.15) is 0 Å². The Morgan fingerprint density at radius 2 is 1.92 bits per heavy atom. The molecule has 0 amide bonds. The minimum Gasteiger partial charge on any atom is -0.495 e. The number of rotatable bonds is 7. The Bertz CT molecular complexity index is 800. The van der Waals surface area contributed by atoms with Crippen LogP contribution in [0, 0.1) is 19.8 Å². The van der Waals surface area contributed by atoms with Crippen LogP contribution in [0.25, 0.3) is 0 Å². The molecule has 0 aromatic heterocycles. The quantitative estimate of drug-likeness (QED) is 0.734. The molecule has 0 bridgehead atoms. The van der Waals surface area contributed by atoms with Crippen LogP contribution in [0.15, 0.2) is 17.0 Å². The first kappa shape index (κ1) is 19.2. The first-order valence-electron chi connectivity index (χ1n) is 8.00. The summed E-state index contributed by atoms with van der Waals surface area (Å²) >= 11 is 0. The standard InChI is InChI=1S/C16H25NO5S2/c1-12-9-15(22-3)16(10-13(12)2)24(20,21)17-7-4-5-14-6-8-23(18,19)11-14/h9-10,14,17H,4-8,11H2,1-3H3. The zero-order valence-electron chi connectivity index (χ0n) is 14.3. The summed E-state index contributed by atoms with van der Waals surface area (Å²) in [6.45, 7) is 4.04. The maximum Gasteiger partial charge on any atom is 0.244 e. The van der Waals surface area contributed by atoms with E-state index in [0.717, 1.165) is 11.1 Å². The Balaban J connectivity index is 1.96. The molecular formula is C16H25NO5S2. The van der Waals surface area contributed by atoms with Crippen LogP contribution < -0.4 is 9.46 Å². The minimum absolute atomic E-state index is 0.136. The number of methoxy groups -OCH3 is 1. The summed E-state index contributed by atoms with van der Waals surface area (Å²) in [5.41, 5.74) is 1.85. The maximum absolute atomic E-state index is 12.5. The molecule has 6 nitrogen and oxygen atoms in total. The molecule has 24 heavy (non-hydrogen) atoms. The van der Waals surface area contributed by atoms with E-state index < -0.39 is 19.9 Å². The van der Waals surface area contributed by atoms with E-state index in [2.05, 4.69) is 4.72 Å². The third kappa shape index (κ3) is 4.70. The summed E-state index contributed by atoms with van der Waals surface area (Å²) in [6.07, 6.45) is 2.01. The molecule has 1 N–H and O–H groups in total. The van der Waals surface area contributed by atoms with Gasteiger partial charge in [-0.1, -0.05) is 0 Å². The topological polar surface area (TPSA) is 89.5 Å². The summed E-state index contributed by atoms with van der Waals surface area (Å²) in [7, 11) is -5.08. The lowest BCUT2D eigenvalue weighted by atomic mass is 10.0. The van der Waals surface area contributed by atoms with Crippen molar-refractivity contribution in [3.8, 4) is 5.75 Å². The second-order valence-electron chi connectivity index (χ2n) is 6.40. The van der Waals surface area contributed by atoms with E-state index in [1.165, 1.54) is 7.11 Å². The number of aryl methyl sites for hydroxylation is 2. The molecule has 1 fully saturated rings. The Morgan fingerprint density at radius 3 is 2.50 bits per heavy atom. The molecule has 0 radical (unpaired) electrons. The van der Waals surface area contributed by atoms with Crippen LogP contribution in [-0.4, -0.2) is 42.0 Å². The molecule has 1 aromatic rings. The molecule has 1 saturated heterocycles. The zero-order valence-corrected chi connectivity index (χ0v) is 16.0. The van der Waals surface area contributed by atoms with Crippen molar-refractivity contribution < 1.29 is 21.6 Å². The molecule has 1 unspecified atom stereocenters. The van der Waals surface area contributed by atoms with Gasteiger partial charge in [0, 0.05) is 6.54 Å². The first-order valence-corrected chi connectivity index (χ1v) is 11.3. The second-order valence-corrected chi connectivity index (χ2v) is 10.4. The molecule has 1 atom stereocenters. The van der Waals surface area contributed by atoms with Gasteiger partial charge < -0.3 is 4.74 Å². The third-order valence-electron chi connectivity index (χ3n) is 4.48. The fourth-order valence-corrected chi connectivity index (χ4v) is 6.13. The Hall–Kier alpha value is -1.12. The Kier molecular flexibility index (Phi) is 5.93. The molecule has 2 rings (SSSR count). The van der Waals surface area contributed by atoms with E-state index in [4.69, 9.17) is 4.74 Å². The van der Waals surface area contributed by atoms with Crippen LogP contribution in [0.3, 0.4) is 0 Å². The summed E-state index contributed by atoms with van der Waals surface area (Å²) in [6, 6.07) is 3.33. The van der Waals surface area contributed by atoms with E-state index in [1.54, 1.807) is 12.1 Å². The van der Waals surface area contributed by atoms with E-state index in [-0.39, 0.29) is 28.9 Å². The largest absolute Gasteiger partial charge is 0.495 e. The van der Waals surface area contributed by atoms with Crippen LogP contribution in [0.2, 0.25) is 0 Å². The maximum atomic E-state index is 12.5. The number of hydrogen-bond acceptors (Lipinski definition) is 5. The van der Waals surface area contributed by atoms with Gasteiger partial charge in [0.1, 0.15) is 10.6 Å². The van der Waals surface area contributed by atoms with Gasteiger partial charge in [0.15, 0.2) is 9.84 Å². The van der Waals surface area contributed by atoms with Gasteiger partial charge >= 0.3 is 0 Å². The highest BCUT2D eigenvalue weighted by Crippen LogP contribution is 2.27. The predicted octanol–water partition coefficient (Wildman–Crippen LogP) is 1.81. The smallest absolute Gasteiger partial charge is 0.244 e. The molecule has 0 saturated carbocycles. The lowest BCUT2D eigenvalue weighted by Gasteiger charge is -2.13. The van der Waals surface area contributed by atoms with Crippen LogP contribution in [0.1, 0.15) is 30.4 Å². The van der Waals surface area contributed by atoms with Gasteiger partial charge in [-0.05, 0) is 62.3 Å². The summed E-state index contributed by atoms with van der Waals surface area (Å²) < 4.78 is 55.6. The molecule has 1 aromatic carbocycles. The van der Waals surface area contributed by atoms with Crippen LogP contribution >= 0.6 is 0 Å². The van der Waals surface area contributed by atoms with Gasteiger partial charge in [-0.3, -0.25) is 0 Å². The van der Waals surface area contributed by atoms with E-state index in [9.17, 15) is 16.8 Å². The van der Waals surface area contributed by atoms with Crippen molar-refractivity contribution in [1.82, 2.24) is 4.72 Å². The number of nitrogens with one attached hydrogen (secondary N) is 1.